The molecule has 1 aliphatic rings. The van der Waals surface area contributed by atoms with Crippen LogP contribution in [0.4, 0.5) is 11.4 Å². The van der Waals surface area contributed by atoms with Gasteiger partial charge in [-0.3, -0.25) is 14.9 Å². The highest BCUT2D eigenvalue weighted by molar-refractivity contribution is 6.10. The lowest BCUT2D eigenvalue weighted by molar-refractivity contribution is -0.384. The van der Waals surface area contributed by atoms with Crippen molar-refractivity contribution in [3.8, 4) is 17.6 Å². The Labute approximate surface area is 161 Å². The van der Waals surface area contributed by atoms with Gasteiger partial charge < -0.3 is 14.8 Å². The molecular weight excluding hydrogens is 362 g/mol. The number of fused-ring (bicyclic) bond motifs is 1. The first-order valence-corrected chi connectivity index (χ1v) is 8.47. The maximum absolute atomic E-state index is 12.5. The summed E-state index contributed by atoms with van der Waals surface area (Å²) >= 11 is 0. The zero-order chi connectivity index (χ0) is 20.3. The summed E-state index contributed by atoms with van der Waals surface area (Å²) in [4.78, 5) is 23.3. The second-order valence-corrected chi connectivity index (χ2v) is 6.24. The smallest absolute Gasteiger partial charge is 0.296 e. The Bertz CT molecular complexity index is 1040. The maximum atomic E-state index is 12.5. The first kappa shape index (κ1) is 18.9. The van der Waals surface area contributed by atoms with Crippen LogP contribution in [-0.4, -0.2) is 24.0 Å². The predicted octanol–water partition coefficient (Wildman–Crippen LogP) is 3.53. The number of ether oxygens (including phenoxy) is 2. The van der Waals surface area contributed by atoms with Crippen LogP contribution in [0.15, 0.2) is 35.9 Å². The number of nitro benzene ring substituents is 1. The molecule has 0 saturated heterocycles. The van der Waals surface area contributed by atoms with E-state index in [1.165, 1.54) is 18.2 Å². The van der Waals surface area contributed by atoms with Gasteiger partial charge in [0.1, 0.15) is 30.5 Å². The molecule has 0 atom stereocenters. The summed E-state index contributed by atoms with van der Waals surface area (Å²) in [6.45, 7) is 4.47. The summed E-state index contributed by atoms with van der Waals surface area (Å²) in [6.07, 6.45) is 1.44. The summed E-state index contributed by atoms with van der Waals surface area (Å²) in [7, 11) is 0. The molecule has 1 heterocycles. The second kappa shape index (κ2) is 7.80. The molecule has 1 amide bonds. The van der Waals surface area contributed by atoms with Crippen LogP contribution in [-0.2, 0) is 4.79 Å². The summed E-state index contributed by atoms with van der Waals surface area (Å²) in [5.41, 5.74) is 2.21. The van der Waals surface area contributed by atoms with Gasteiger partial charge >= 0.3 is 0 Å². The monoisotopic (exact) mass is 379 g/mol. The average molecular weight is 379 g/mol. The van der Waals surface area contributed by atoms with Crippen molar-refractivity contribution in [2.24, 2.45) is 0 Å². The van der Waals surface area contributed by atoms with E-state index in [4.69, 9.17) is 9.47 Å². The van der Waals surface area contributed by atoms with E-state index in [2.05, 4.69) is 5.32 Å². The van der Waals surface area contributed by atoms with Gasteiger partial charge in [0.25, 0.3) is 11.6 Å². The highest BCUT2D eigenvalue weighted by Crippen LogP contribution is 2.39. The van der Waals surface area contributed by atoms with E-state index in [9.17, 15) is 20.2 Å². The number of nitrogens with one attached hydrogen (secondary N) is 1. The molecule has 8 nitrogen and oxygen atoms in total. The van der Waals surface area contributed by atoms with Crippen molar-refractivity contribution in [3.63, 3.8) is 0 Å². The van der Waals surface area contributed by atoms with E-state index >= 15 is 0 Å². The molecule has 1 N–H and O–H groups in total. The van der Waals surface area contributed by atoms with Crippen molar-refractivity contribution < 1.29 is 19.2 Å². The van der Waals surface area contributed by atoms with Gasteiger partial charge in [0.2, 0.25) is 0 Å². The molecule has 0 bridgehead atoms. The summed E-state index contributed by atoms with van der Waals surface area (Å²) in [5, 5.41) is 23.2. The number of benzene rings is 2. The summed E-state index contributed by atoms with van der Waals surface area (Å²) in [6, 6.07) is 9.90. The SMILES string of the molecule is Cc1ccc(/C=C(\C#N)C(=O)Nc2cc3c(cc2[N+](=O)[O-])OCCO3)cc1C. The molecule has 142 valence electrons. The van der Waals surface area contributed by atoms with E-state index in [0.29, 0.717) is 17.9 Å². The van der Waals surface area contributed by atoms with Crippen LogP contribution in [0.5, 0.6) is 11.5 Å². The quantitative estimate of drug-likeness (QED) is 0.376. The van der Waals surface area contributed by atoms with Gasteiger partial charge in [-0.2, -0.15) is 5.26 Å². The molecule has 0 unspecified atom stereocenters. The summed E-state index contributed by atoms with van der Waals surface area (Å²) in [5.74, 6) is -0.216. The molecule has 0 fully saturated rings. The van der Waals surface area contributed by atoms with Crippen LogP contribution in [0.2, 0.25) is 0 Å². The highest BCUT2D eigenvalue weighted by atomic mass is 16.6. The molecule has 1 aliphatic heterocycles. The first-order chi connectivity index (χ1) is 13.4. The number of nitrogens with zero attached hydrogens (tertiary/aromatic N) is 2. The van der Waals surface area contributed by atoms with Crippen molar-refractivity contribution in [1.82, 2.24) is 0 Å². The number of nitro groups is 1. The Hall–Kier alpha value is -3.86. The lowest BCUT2D eigenvalue weighted by Gasteiger charge is -2.19. The van der Waals surface area contributed by atoms with Crippen LogP contribution < -0.4 is 14.8 Å². The molecule has 28 heavy (non-hydrogen) atoms. The third-order valence-corrected chi connectivity index (χ3v) is 4.31. The lowest BCUT2D eigenvalue weighted by Crippen LogP contribution is -2.18. The Balaban J connectivity index is 1.92. The standard InChI is InChI=1S/C20H17N3O5/c1-12-3-4-14(7-13(12)2)8-15(11-21)20(24)22-16-9-18-19(28-6-5-27-18)10-17(16)23(25)26/h3-4,7-10H,5-6H2,1-2H3,(H,22,24)/b15-8+. The van der Waals surface area contributed by atoms with Crippen molar-refractivity contribution in [1.29, 1.82) is 5.26 Å². The molecule has 8 heteroatoms. The number of anilines is 1. The third kappa shape index (κ3) is 3.94. The minimum absolute atomic E-state index is 0.0690. The number of hydrogen-bond acceptors (Lipinski definition) is 6. The van der Waals surface area contributed by atoms with Crippen LogP contribution in [0.3, 0.4) is 0 Å². The van der Waals surface area contributed by atoms with Crippen LogP contribution in [0, 0.1) is 35.3 Å². The minimum atomic E-state index is -0.750. The topological polar surface area (TPSA) is 114 Å². The van der Waals surface area contributed by atoms with E-state index in [0.717, 1.165) is 11.1 Å². The Morgan fingerprint density at radius 3 is 2.46 bits per heavy atom. The highest BCUT2D eigenvalue weighted by Gasteiger charge is 2.24. The minimum Gasteiger partial charge on any atom is -0.486 e. The Morgan fingerprint density at radius 2 is 1.86 bits per heavy atom. The molecular formula is C20H17N3O5. The predicted molar refractivity (Wildman–Crippen MR) is 102 cm³/mol. The van der Waals surface area contributed by atoms with Crippen LogP contribution in [0.25, 0.3) is 6.08 Å². The van der Waals surface area contributed by atoms with Crippen LogP contribution in [0.1, 0.15) is 16.7 Å². The number of aryl methyl sites for hydroxylation is 2. The van der Waals surface area contributed by atoms with Gasteiger partial charge in [-0.25, -0.2) is 0 Å². The van der Waals surface area contributed by atoms with Crippen molar-refractivity contribution in [2.75, 3.05) is 18.5 Å². The van der Waals surface area contributed by atoms with Gasteiger partial charge in [-0.1, -0.05) is 18.2 Å². The van der Waals surface area contributed by atoms with Gasteiger partial charge in [-0.05, 0) is 36.6 Å². The number of nitriles is 1. The zero-order valence-electron chi connectivity index (χ0n) is 15.3. The molecule has 2 aromatic carbocycles. The average Bonchev–Trinajstić information content (AvgIpc) is 2.68. The molecule has 0 aliphatic carbocycles. The van der Waals surface area contributed by atoms with Gasteiger partial charge in [-0.15, -0.1) is 0 Å². The van der Waals surface area contributed by atoms with E-state index in [1.807, 2.05) is 32.0 Å². The number of amides is 1. The fourth-order valence-corrected chi connectivity index (χ4v) is 2.69. The van der Waals surface area contributed by atoms with Crippen molar-refractivity contribution >= 4 is 23.4 Å². The van der Waals surface area contributed by atoms with E-state index in [-0.39, 0.29) is 29.3 Å². The number of carbonyl (C=O) groups excluding carboxylic acids is 1. The second-order valence-electron chi connectivity index (χ2n) is 6.24. The maximum Gasteiger partial charge on any atom is 0.296 e. The summed E-state index contributed by atoms with van der Waals surface area (Å²) < 4.78 is 10.7. The Morgan fingerprint density at radius 1 is 1.18 bits per heavy atom. The molecule has 0 saturated carbocycles. The van der Waals surface area contributed by atoms with E-state index in [1.54, 1.807) is 6.07 Å². The van der Waals surface area contributed by atoms with Gasteiger partial charge in [0.05, 0.1) is 11.0 Å². The first-order valence-electron chi connectivity index (χ1n) is 8.47. The van der Waals surface area contributed by atoms with Crippen molar-refractivity contribution in [2.45, 2.75) is 13.8 Å². The zero-order valence-corrected chi connectivity index (χ0v) is 15.3. The molecule has 0 spiro atoms. The number of carbonyl (C=O) groups is 1. The van der Waals surface area contributed by atoms with Crippen molar-refractivity contribution in [3.05, 3.63) is 62.7 Å². The normalized spacial score (nSPS) is 12.8. The van der Waals surface area contributed by atoms with Gasteiger partial charge in [0, 0.05) is 6.07 Å². The van der Waals surface area contributed by atoms with E-state index < -0.39 is 10.8 Å². The molecule has 3 rings (SSSR count). The molecule has 0 radical (unpaired) electrons. The molecule has 0 aromatic heterocycles. The lowest BCUT2D eigenvalue weighted by atomic mass is 10.0. The third-order valence-electron chi connectivity index (χ3n) is 4.31. The molecule has 2 aromatic rings. The number of hydrogen-bond donors (Lipinski definition) is 1. The largest absolute Gasteiger partial charge is 0.486 e. The fourth-order valence-electron chi connectivity index (χ4n) is 2.69. The Kier molecular flexibility index (Phi) is 5.27. The fraction of sp³-hybridized carbons (Fsp3) is 0.200. The number of rotatable bonds is 4. The van der Waals surface area contributed by atoms with Gasteiger partial charge in [0.15, 0.2) is 11.5 Å². The van der Waals surface area contributed by atoms with Crippen LogP contribution >= 0.6 is 0 Å².